The SMILES string of the molecule is O=C(O)c1ccc(N=Cc2nc(-c3ccc([N+](=O)[O-])cc3)oc2[O-])cc1. The molecule has 1 heterocycles. The molecular weight excluding hydrogens is 342 g/mol. The Labute approximate surface area is 146 Å². The van der Waals surface area contributed by atoms with Gasteiger partial charge < -0.3 is 14.6 Å². The lowest BCUT2D eigenvalue weighted by Crippen LogP contribution is -1.94. The minimum absolute atomic E-state index is 0.0209. The van der Waals surface area contributed by atoms with Crippen LogP contribution in [0.15, 0.2) is 57.9 Å². The molecule has 3 aromatic rings. The van der Waals surface area contributed by atoms with Crippen molar-refractivity contribution in [2.45, 2.75) is 0 Å². The zero-order valence-corrected chi connectivity index (χ0v) is 13.0. The predicted octanol–water partition coefficient (Wildman–Crippen LogP) is 2.77. The molecule has 0 saturated carbocycles. The number of carbonyl (C=O) groups is 1. The van der Waals surface area contributed by atoms with Crippen molar-refractivity contribution in [1.82, 2.24) is 4.98 Å². The molecule has 0 fully saturated rings. The fraction of sp³-hybridized carbons (Fsp3) is 0. The van der Waals surface area contributed by atoms with Crippen LogP contribution in [0.3, 0.4) is 0 Å². The van der Waals surface area contributed by atoms with Crippen LogP contribution in [0.4, 0.5) is 11.4 Å². The van der Waals surface area contributed by atoms with Crippen LogP contribution in [-0.4, -0.2) is 27.2 Å². The third kappa shape index (κ3) is 3.56. The number of hydrogen-bond acceptors (Lipinski definition) is 7. The smallest absolute Gasteiger partial charge is 0.335 e. The Morgan fingerprint density at radius 1 is 1.15 bits per heavy atom. The quantitative estimate of drug-likeness (QED) is 0.422. The van der Waals surface area contributed by atoms with E-state index in [4.69, 9.17) is 9.52 Å². The first-order valence-electron chi connectivity index (χ1n) is 7.24. The highest BCUT2D eigenvalue weighted by Gasteiger charge is 2.08. The molecule has 0 radical (unpaired) electrons. The van der Waals surface area contributed by atoms with Gasteiger partial charge in [-0.15, -0.1) is 0 Å². The maximum atomic E-state index is 11.8. The van der Waals surface area contributed by atoms with E-state index in [0.29, 0.717) is 11.3 Å². The second kappa shape index (κ2) is 6.85. The fourth-order valence-electron chi connectivity index (χ4n) is 2.07. The molecule has 0 spiro atoms. The minimum Gasteiger partial charge on any atom is -0.562 e. The summed E-state index contributed by atoms with van der Waals surface area (Å²) in [4.78, 5) is 29.0. The van der Waals surface area contributed by atoms with E-state index in [0.717, 1.165) is 0 Å². The molecule has 0 bridgehead atoms. The Balaban J connectivity index is 1.81. The first-order valence-corrected chi connectivity index (χ1v) is 7.24. The van der Waals surface area contributed by atoms with Crippen molar-refractivity contribution in [3.8, 4) is 17.4 Å². The van der Waals surface area contributed by atoms with Gasteiger partial charge in [0.1, 0.15) is 11.6 Å². The highest BCUT2D eigenvalue weighted by molar-refractivity contribution is 5.88. The Hall–Kier alpha value is -4.01. The molecule has 0 amide bonds. The average Bonchev–Trinajstić information content (AvgIpc) is 3.01. The van der Waals surface area contributed by atoms with Gasteiger partial charge in [0.15, 0.2) is 0 Å². The molecule has 3 rings (SSSR count). The van der Waals surface area contributed by atoms with E-state index < -0.39 is 16.8 Å². The molecule has 0 saturated heterocycles. The van der Waals surface area contributed by atoms with E-state index in [-0.39, 0.29) is 22.8 Å². The lowest BCUT2D eigenvalue weighted by atomic mass is 10.2. The lowest BCUT2D eigenvalue weighted by Gasteiger charge is -1.99. The first-order chi connectivity index (χ1) is 12.4. The standard InChI is InChI=1S/C17H11N3O6/c21-16(22)11-1-5-12(6-2-11)18-9-14-17(23)26-15(19-14)10-3-7-13(8-4-10)20(24)25/h1-9,23H,(H,21,22)/p-1. The summed E-state index contributed by atoms with van der Waals surface area (Å²) in [6.45, 7) is 0. The molecule has 0 aliphatic heterocycles. The van der Waals surface area contributed by atoms with E-state index in [1.807, 2.05) is 0 Å². The van der Waals surface area contributed by atoms with Gasteiger partial charge in [0, 0.05) is 17.7 Å². The van der Waals surface area contributed by atoms with Gasteiger partial charge in [-0.2, -0.15) is 0 Å². The fourth-order valence-corrected chi connectivity index (χ4v) is 2.07. The Morgan fingerprint density at radius 3 is 2.38 bits per heavy atom. The number of hydrogen-bond donors (Lipinski definition) is 1. The normalized spacial score (nSPS) is 10.9. The monoisotopic (exact) mass is 352 g/mol. The Bertz CT molecular complexity index is 990. The summed E-state index contributed by atoms with van der Waals surface area (Å²) in [6, 6.07) is 11.2. The summed E-state index contributed by atoms with van der Waals surface area (Å²) in [5.74, 6) is -1.73. The van der Waals surface area contributed by atoms with E-state index >= 15 is 0 Å². The number of aliphatic imine (C=N–C) groups is 1. The summed E-state index contributed by atoms with van der Waals surface area (Å²) in [5, 5.41) is 31.3. The third-order valence-electron chi connectivity index (χ3n) is 3.40. The van der Waals surface area contributed by atoms with Crippen molar-refractivity contribution in [3.63, 3.8) is 0 Å². The van der Waals surface area contributed by atoms with Crippen LogP contribution >= 0.6 is 0 Å². The summed E-state index contributed by atoms with van der Waals surface area (Å²) < 4.78 is 5.03. The number of carboxylic acids is 1. The molecule has 1 N–H and O–H groups in total. The highest BCUT2D eigenvalue weighted by atomic mass is 16.6. The minimum atomic E-state index is -1.05. The third-order valence-corrected chi connectivity index (χ3v) is 3.40. The van der Waals surface area contributed by atoms with Crippen molar-refractivity contribution in [3.05, 3.63) is 69.9 Å². The second-order valence-corrected chi connectivity index (χ2v) is 5.11. The van der Waals surface area contributed by atoms with Crippen molar-refractivity contribution in [2.24, 2.45) is 4.99 Å². The van der Waals surface area contributed by atoms with Gasteiger partial charge in [-0.1, -0.05) is 0 Å². The number of aromatic carboxylic acids is 1. The number of benzene rings is 2. The molecule has 9 heteroatoms. The van der Waals surface area contributed by atoms with Crippen LogP contribution < -0.4 is 5.11 Å². The van der Waals surface area contributed by atoms with Crippen LogP contribution in [-0.2, 0) is 0 Å². The molecule has 0 atom stereocenters. The largest absolute Gasteiger partial charge is 0.562 e. The molecule has 0 aliphatic rings. The summed E-state index contributed by atoms with van der Waals surface area (Å²) >= 11 is 0. The van der Waals surface area contributed by atoms with Crippen LogP contribution in [0, 0.1) is 10.1 Å². The van der Waals surface area contributed by atoms with E-state index in [1.165, 1.54) is 54.7 Å². The van der Waals surface area contributed by atoms with E-state index in [2.05, 4.69) is 9.98 Å². The second-order valence-electron chi connectivity index (χ2n) is 5.11. The van der Waals surface area contributed by atoms with Gasteiger partial charge >= 0.3 is 5.97 Å². The van der Waals surface area contributed by atoms with Gasteiger partial charge in [-0.05, 0) is 36.4 Å². The molecular formula is C17H10N3O6-. The average molecular weight is 352 g/mol. The van der Waals surface area contributed by atoms with Crippen LogP contribution in [0.2, 0.25) is 0 Å². The van der Waals surface area contributed by atoms with E-state index in [1.54, 1.807) is 0 Å². The van der Waals surface area contributed by atoms with Crippen molar-refractivity contribution in [1.29, 1.82) is 0 Å². The lowest BCUT2D eigenvalue weighted by molar-refractivity contribution is -0.384. The van der Waals surface area contributed by atoms with Gasteiger partial charge in [0.2, 0.25) is 0 Å². The highest BCUT2D eigenvalue weighted by Crippen LogP contribution is 2.26. The number of aromatic nitrogens is 1. The summed E-state index contributed by atoms with van der Waals surface area (Å²) in [7, 11) is 0. The summed E-state index contributed by atoms with van der Waals surface area (Å²) in [5.41, 5.74) is 0.845. The van der Waals surface area contributed by atoms with Crippen molar-refractivity contribution in [2.75, 3.05) is 0 Å². The van der Waals surface area contributed by atoms with Crippen LogP contribution in [0.25, 0.3) is 11.5 Å². The van der Waals surface area contributed by atoms with Crippen LogP contribution in [0.1, 0.15) is 16.1 Å². The molecule has 0 unspecified atom stereocenters. The molecule has 2 aromatic carbocycles. The number of nitrogens with zero attached hydrogens (tertiary/aromatic N) is 3. The maximum absolute atomic E-state index is 11.8. The van der Waals surface area contributed by atoms with Gasteiger partial charge in [0.05, 0.1) is 28.3 Å². The van der Waals surface area contributed by atoms with Gasteiger partial charge in [0.25, 0.3) is 5.69 Å². The molecule has 1 aromatic heterocycles. The van der Waals surface area contributed by atoms with Gasteiger partial charge in [-0.25, -0.2) is 9.78 Å². The van der Waals surface area contributed by atoms with Gasteiger partial charge in [-0.3, -0.25) is 15.1 Å². The maximum Gasteiger partial charge on any atom is 0.335 e. The number of oxazole rings is 1. The predicted molar refractivity (Wildman–Crippen MR) is 88.7 cm³/mol. The number of carboxylic acid groups (broad SMARTS) is 1. The topological polar surface area (TPSA) is 142 Å². The number of nitro benzene ring substituents is 1. The summed E-state index contributed by atoms with van der Waals surface area (Å²) in [6.07, 6.45) is 1.20. The Kier molecular flexibility index (Phi) is 4.44. The number of non-ortho nitro benzene ring substituents is 1. The number of nitro groups is 1. The zero-order chi connectivity index (χ0) is 18.7. The molecule has 26 heavy (non-hydrogen) atoms. The van der Waals surface area contributed by atoms with E-state index in [9.17, 15) is 20.0 Å². The van der Waals surface area contributed by atoms with Crippen molar-refractivity contribution >= 4 is 23.6 Å². The number of rotatable bonds is 5. The first kappa shape index (κ1) is 16.8. The molecule has 0 aliphatic carbocycles. The zero-order valence-electron chi connectivity index (χ0n) is 13.0. The van der Waals surface area contributed by atoms with Crippen LogP contribution in [0.5, 0.6) is 5.95 Å². The molecule has 9 nitrogen and oxygen atoms in total. The molecule has 130 valence electrons. The Morgan fingerprint density at radius 2 is 1.81 bits per heavy atom. The van der Waals surface area contributed by atoms with Crippen molar-refractivity contribution < 1.29 is 24.3 Å².